The number of ether oxygens (including phenoxy) is 1. The van der Waals surface area contributed by atoms with Gasteiger partial charge in [0.25, 0.3) is 0 Å². The highest BCUT2D eigenvalue weighted by molar-refractivity contribution is 7.16. The van der Waals surface area contributed by atoms with E-state index >= 15 is 0 Å². The number of carbonyl (C=O) groups is 2. The molecule has 2 rings (SSSR count). The second kappa shape index (κ2) is 6.18. The number of amides is 1. The van der Waals surface area contributed by atoms with Crippen LogP contribution in [0, 0.1) is 18.3 Å². The minimum atomic E-state index is -0.372. The van der Waals surface area contributed by atoms with Gasteiger partial charge >= 0.3 is 5.97 Å². The third kappa shape index (κ3) is 3.46. The van der Waals surface area contributed by atoms with Crippen molar-refractivity contribution in [1.29, 1.82) is 0 Å². The van der Waals surface area contributed by atoms with Crippen LogP contribution in [0.1, 0.15) is 55.3 Å². The largest absolute Gasteiger partial charge is 0.462 e. The Morgan fingerprint density at radius 3 is 2.76 bits per heavy atom. The van der Waals surface area contributed by atoms with Crippen LogP contribution in [0.25, 0.3) is 0 Å². The molecule has 0 spiro atoms. The average Bonchev–Trinajstić information content (AvgIpc) is 2.92. The van der Waals surface area contributed by atoms with Crippen LogP contribution in [0.4, 0.5) is 5.00 Å². The Morgan fingerprint density at radius 2 is 2.19 bits per heavy atom. The molecule has 1 N–H and O–H groups in total. The van der Waals surface area contributed by atoms with E-state index in [0.29, 0.717) is 17.2 Å². The maximum absolute atomic E-state index is 12.5. The third-order valence-electron chi connectivity index (χ3n) is 4.16. The summed E-state index contributed by atoms with van der Waals surface area (Å²) in [5.41, 5.74) is 0.490. The number of nitrogens with one attached hydrogen (secondary N) is 1. The Kier molecular flexibility index (Phi) is 4.71. The van der Waals surface area contributed by atoms with Crippen LogP contribution in [0.5, 0.6) is 0 Å². The van der Waals surface area contributed by atoms with Gasteiger partial charge in [-0.2, -0.15) is 0 Å². The molecule has 116 valence electrons. The zero-order valence-corrected chi connectivity index (χ0v) is 13.9. The van der Waals surface area contributed by atoms with Crippen molar-refractivity contribution in [2.75, 3.05) is 11.9 Å². The normalized spacial score (nSPS) is 20.3. The molecule has 0 bridgehead atoms. The summed E-state index contributed by atoms with van der Waals surface area (Å²) >= 11 is 1.42. The summed E-state index contributed by atoms with van der Waals surface area (Å²) in [5, 5.41) is 3.56. The van der Waals surface area contributed by atoms with Crippen molar-refractivity contribution >= 4 is 28.2 Å². The number of rotatable bonds is 4. The Hall–Kier alpha value is -1.36. The number of hydrogen-bond donors (Lipinski definition) is 1. The lowest BCUT2D eigenvalue weighted by molar-refractivity contribution is -0.122. The lowest BCUT2D eigenvalue weighted by Gasteiger charge is -2.25. The molecule has 0 aromatic carbocycles. The molecule has 0 saturated heterocycles. The summed E-state index contributed by atoms with van der Waals surface area (Å²) in [6.07, 6.45) is 3.07. The first kappa shape index (κ1) is 16.0. The van der Waals surface area contributed by atoms with Crippen LogP contribution in [0.15, 0.2) is 6.07 Å². The molecule has 1 unspecified atom stereocenters. The van der Waals surface area contributed by atoms with E-state index in [0.717, 1.165) is 24.1 Å². The quantitative estimate of drug-likeness (QED) is 0.855. The number of esters is 1. The van der Waals surface area contributed by atoms with Crippen LogP contribution >= 0.6 is 11.3 Å². The molecule has 1 aromatic heterocycles. The highest BCUT2D eigenvalue weighted by atomic mass is 32.1. The molecule has 4 nitrogen and oxygen atoms in total. The summed E-state index contributed by atoms with van der Waals surface area (Å²) in [4.78, 5) is 25.4. The molecular formula is C16H23NO3S. The molecule has 1 aliphatic rings. The summed E-state index contributed by atoms with van der Waals surface area (Å²) in [6, 6.07) is 1.78. The van der Waals surface area contributed by atoms with Crippen molar-refractivity contribution in [3.63, 3.8) is 0 Å². The summed E-state index contributed by atoms with van der Waals surface area (Å²) < 4.78 is 5.05. The minimum absolute atomic E-state index is 0.00921. The first-order valence-electron chi connectivity index (χ1n) is 7.43. The Morgan fingerprint density at radius 1 is 1.48 bits per heavy atom. The zero-order chi connectivity index (χ0) is 15.6. The van der Waals surface area contributed by atoms with E-state index in [9.17, 15) is 9.59 Å². The van der Waals surface area contributed by atoms with E-state index < -0.39 is 0 Å². The van der Waals surface area contributed by atoms with Crippen LogP contribution in [0.3, 0.4) is 0 Å². The van der Waals surface area contributed by atoms with Gasteiger partial charge < -0.3 is 10.1 Å². The van der Waals surface area contributed by atoms with Gasteiger partial charge in [0.15, 0.2) is 0 Å². The number of carbonyl (C=O) groups excluding carboxylic acids is 2. The molecule has 0 radical (unpaired) electrons. The average molecular weight is 309 g/mol. The molecule has 1 amide bonds. The summed E-state index contributed by atoms with van der Waals surface area (Å²) in [6.45, 7) is 8.29. The minimum Gasteiger partial charge on any atom is -0.462 e. The van der Waals surface area contributed by atoms with Crippen LogP contribution < -0.4 is 5.32 Å². The second-order valence-electron chi connectivity index (χ2n) is 6.24. The van der Waals surface area contributed by atoms with Gasteiger partial charge in [-0.3, -0.25) is 4.79 Å². The maximum atomic E-state index is 12.5. The van der Waals surface area contributed by atoms with E-state index in [4.69, 9.17) is 4.74 Å². The molecule has 1 aromatic rings. The Bertz CT molecular complexity index is 548. The molecule has 21 heavy (non-hydrogen) atoms. The van der Waals surface area contributed by atoms with E-state index in [1.807, 2.05) is 6.92 Å². The molecule has 1 aliphatic carbocycles. The van der Waals surface area contributed by atoms with Gasteiger partial charge in [-0.15, -0.1) is 11.3 Å². The molecule has 1 atom stereocenters. The van der Waals surface area contributed by atoms with Gasteiger partial charge in [0.1, 0.15) is 5.00 Å². The molecule has 1 saturated carbocycles. The fourth-order valence-electron chi connectivity index (χ4n) is 2.98. The SMILES string of the molecule is CCOC(=O)c1cc(C)sc1NC(=O)C1CCCC1(C)C. The van der Waals surface area contributed by atoms with Gasteiger partial charge in [-0.05, 0) is 38.2 Å². The van der Waals surface area contributed by atoms with Crippen molar-refractivity contribution in [3.05, 3.63) is 16.5 Å². The summed E-state index contributed by atoms with van der Waals surface area (Å²) in [7, 11) is 0. The molecule has 5 heteroatoms. The van der Waals surface area contributed by atoms with Gasteiger partial charge in [0, 0.05) is 10.8 Å². The molecular weight excluding hydrogens is 286 g/mol. The van der Waals surface area contributed by atoms with E-state index in [1.165, 1.54) is 11.3 Å². The molecule has 0 aliphatic heterocycles. The number of hydrogen-bond acceptors (Lipinski definition) is 4. The van der Waals surface area contributed by atoms with Gasteiger partial charge in [-0.1, -0.05) is 20.3 Å². The van der Waals surface area contributed by atoms with Crippen molar-refractivity contribution in [3.8, 4) is 0 Å². The first-order valence-corrected chi connectivity index (χ1v) is 8.25. The molecule has 1 fully saturated rings. The predicted octanol–water partition coefficient (Wildman–Crippen LogP) is 4.00. The first-order chi connectivity index (χ1) is 9.85. The predicted molar refractivity (Wildman–Crippen MR) is 84.8 cm³/mol. The highest BCUT2D eigenvalue weighted by Gasteiger charge is 2.39. The summed E-state index contributed by atoms with van der Waals surface area (Å²) in [5.74, 6) is -0.345. The number of thiophene rings is 1. The van der Waals surface area contributed by atoms with Crippen LogP contribution in [0.2, 0.25) is 0 Å². The monoisotopic (exact) mass is 309 g/mol. The fraction of sp³-hybridized carbons (Fsp3) is 0.625. The highest BCUT2D eigenvalue weighted by Crippen LogP contribution is 2.43. The van der Waals surface area contributed by atoms with Crippen molar-refractivity contribution in [2.24, 2.45) is 11.3 Å². The number of aryl methyl sites for hydroxylation is 1. The van der Waals surface area contributed by atoms with Crippen molar-refractivity contribution in [1.82, 2.24) is 0 Å². The third-order valence-corrected chi connectivity index (χ3v) is 5.13. The van der Waals surface area contributed by atoms with Gasteiger partial charge in [-0.25, -0.2) is 4.79 Å². The standard InChI is InChI=1S/C16H23NO3S/c1-5-20-15(19)11-9-10(2)21-14(11)17-13(18)12-7-6-8-16(12,3)4/h9,12H,5-8H2,1-4H3,(H,17,18). The van der Waals surface area contributed by atoms with E-state index in [2.05, 4.69) is 19.2 Å². The lowest BCUT2D eigenvalue weighted by atomic mass is 9.81. The smallest absolute Gasteiger partial charge is 0.341 e. The lowest BCUT2D eigenvalue weighted by Crippen LogP contribution is -2.31. The fourth-order valence-corrected chi connectivity index (χ4v) is 3.88. The van der Waals surface area contributed by atoms with Gasteiger partial charge in [0.2, 0.25) is 5.91 Å². The van der Waals surface area contributed by atoms with E-state index in [-0.39, 0.29) is 23.2 Å². The zero-order valence-electron chi connectivity index (χ0n) is 13.1. The topological polar surface area (TPSA) is 55.4 Å². The van der Waals surface area contributed by atoms with Gasteiger partial charge in [0.05, 0.1) is 12.2 Å². The molecule has 1 heterocycles. The van der Waals surface area contributed by atoms with Crippen molar-refractivity contribution in [2.45, 2.75) is 47.0 Å². The number of anilines is 1. The Labute approximate surface area is 129 Å². The van der Waals surface area contributed by atoms with Crippen LogP contribution in [-0.2, 0) is 9.53 Å². The second-order valence-corrected chi connectivity index (χ2v) is 7.50. The van der Waals surface area contributed by atoms with E-state index in [1.54, 1.807) is 13.0 Å². The van der Waals surface area contributed by atoms with Crippen molar-refractivity contribution < 1.29 is 14.3 Å². The maximum Gasteiger partial charge on any atom is 0.341 e. The van der Waals surface area contributed by atoms with Crippen LogP contribution in [-0.4, -0.2) is 18.5 Å². The Balaban J connectivity index is 2.16.